The van der Waals surface area contributed by atoms with Gasteiger partial charge in [0, 0.05) is 0 Å². The Bertz CT molecular complexity index is 683. The van der Waals surface area contributed by atoms with Crippen molar-refractivity contribution in [3.05, 3.63) is 47.0 Å². The highest BCUT2D eigenvalue weighted by molar-refractivity contribution is 5.88. The molecule has 2 aromatic rings. The molecule has 0 bridgehead atoms. The summed E-state index contributed by atoms with van der Waals surface area (Å²) < 4.78 is 0. The first-order valence-corrected chi connectivity index (χ1v) is 8.39. The number of hydrogen-bond donors (Lipinski definition) is 0. The van der Waals surface area contributed by atoms with E-state index in [1.165, 1.54) is 27.5 Å². The van der Waals surface area contributed by atoms with Gasteiger partial charge < -0.3 is 0 Å². The van der Waals surface area contributed by atoms with E-state index in [0.717, 1.165) is 0 Å². The summed E-state index contributed by atoms with van der Waals surface area (Å²) in [4.78, 5) is 0. The molecule has 0 aliphatic carbocycles. The highest BCUT2D eigenvalue weighted by Crippen LogP contribution is 2.37. The van der Waals surface area contributed by atoms with E-state index in [1.54, 1.807) is 0 Å². The van der Waals surface area contributed by atoms with Crippen LogP contribution < -0.4 is 0 Å². The van der Waals surface area contributed by atoms with Crippen molar-refractivity contribution in [2.75, 3.05) is 0 Å². The van der Waals surface area contributed by atoms with Crippen molar-refractivity contribution in [3.8, 4) is 0 Å². The predicted molar refractivity (Wildman–Crippen MR) is 100 cm³/mol. The van der Waals surface area contributed by atoms with Crippen molar-refractivity contribution in [1.82, 2.24) is 0 Å². The lowest BCUT2D eigenvalue weighted by atomic mass is 9.76. The van der Waals surface area contributed by atoms with E-state index in [9.17, 15) is 0 Å². The molecule has 0 heterocycles. The first kappa shape index (κ1) is 17.1. The van der Waals surface area contributed by atoms with Crippen molar-refractivity contribution >= 4 is 10.8 Å². The van der Waals surface area contributed by atoms with Gasteiger partial charge in [-0.25, -0.2) is 0 Å². The standard InChI is InChI=1S/C22H32/c1-20(2,3)16-11-10-15-12-17(21(4,5)6)14-19(18(15)13-16)22(7,8)9/h10-14H,1-9H3. The average molecular weight is 296 g/mol. The van der Waals surface area contributed by atoms with Gasteiger partial charge in [-0.2, -0.15) is 0 Å². The van der Waals surface area contributed by atoms with Gasteiger partial charge in [0.2, 0.25) is 0 Å². The van der Waals surface area contributed by atoms with Crippen molar-refractivity contribution in [2.45, 2.75) is 78.6 Å². The van der Waals surface area contributed by atoms with E-state index in [4.69, 9.17) is 0 Å². The molecule has 0 saturated carbocycles. The Kier molecular flexibility index (Phi) is 3.97. The molecule has 0 nitrogen and oxygen atoms in total. The van der Waals surface area contributed by atoms with Gasteiger partial charge in [-0.3, -0.25) is 0 Å². The van der Waals surface area contributed by atoms with Crippen LogP contribution in [0.2, 0.25) is 0 Å². The topological polar surface area (TPSA) is 0 Å². The summed E-state index contributed by atoms with van der Waals surface area (Å²) in [5.41, 5.74) is 4.81. The van der Waals surface area contributed by atoms with Crippen molar-refractivity contribution in [1.29, 1.82) is 0 Å². The molecule has 22 heavy (non-hydrogen) atoms. The number of fused-ring (bicyclic) bond motifs is 1. The largest absolute Gasteiger partial charge is 0.0579 e. The van der Waals surface area contributed by atoms with Crippen LogP contribution in [0.25, 0.3) is 10.8 Å². The number of hydrogen-bond acceptors (Lipinski definition) is 0. The Morgan fingerprint density at radius 1 is 0.545 bits per heavy atom. The zero-order chi connectivity index (χ0) is 16.9. The van der Waals surface area contributed by atoms with Crippen LogP contribution in [-0.2, 0) is 16.2 Å². The van der Waals surface area contributed by atoms with Crippen molar-refractivity contribution in [3.63, 3.8) is 0 Å². The summed E-state index contributed by atoms with van der Waals surface area (Å²) >= 11 is 0. The Balaban J connectivity index is 2.84. The van der Waals surface area contributed by atoms with Gasteiger partial charge in [-0.05, 0) is 43.7 Å². The number of benzene rings is 2. The van der Waals surface area contributed by atoms with Crippen LogP contribution in [0, 0.1) is 0 Å². The molecule has 120 valence electrons. The molecule has 0 radical (unpaired) electrons. The zero-order valence-electron chi connectivity index (χ0n) is 15.9. The van der Waals surface area contributed by atoms with Gasteiger partial charge in [0.05, 0.1) is 0 Å². The van der Waals surface area contributed by atoms with Gasteiger partial charge in [-0.15, -0.1) is 0 Å². The molecule has 0 saturated heterocycles. The molecule has 0 fully saturated rings. The normalized spacial score (nSPS) is 13.7. The van der Waals surface area contributed by atoms with Crippen LogP contribution >= 0.6 is 0 Å². The molecule has 0 aliphatic rings. The Morgan fingerprint density at radius 2 is 1.09 bits per heavy atom. The molecule has 2 aromatic carbocycles. The van der Waals surface area contributed by atoms with Gasteiger partial charge in [-0.1, -0.05) is 92.6 Å². The molecule has 0 N–H and O–H groups in total. The summed E-state index contributed by atoms with van der Waals surface area (Å²) in [6, 6.07) is 11.8. The summed E-state index contributed by atoms with van der Waals surface area (Å²) in [6.07, 6.45) is 0. The van der Waals surface area contributed by atoms with E-state index in [2.05, 4.69) is 92.6 Å². The van der Waals surface area contributed by atoms with E-state index >= 15 is 0 Å². The smallest absolute Gasteiger partial charge is 0.0126 e. The fourth-order valence-corrected chi connectivity index (χ4v) is 2.88. The molecular formula is C22H32. The van der Waals surface area contributed by atoms with Gasteiger partial charge >= 0.3 is 0 Å². The first-order chi connectivity index (χ1) is 9.80. The van der Waals surface area contributed by atoms with Crippen LogP contribution in [-0.4, -0.2) is 0 Å². The fraction of sp³-hybridized carbons (Fsp3) is 0.545. The third kappa shape index (κ3) is 3.37. The molecule has 2 rings (SSSR count). The second kappa shape index (κ2) is 5.11. The maximum Gasteiger partial charge on any atom is -0.0126 e. The van der Waals surface area contributed by atoms with E-state index in [0.29, 0.717) is 0 Å². The zero-order valence-corrected chi connectivity index (χ0v) is 15.9. The highest BCUT2D eigenvalue weighted by Gasteiger charge is 2.23. The minimum Gasteiger partial charge on any atom is -0.0579 e. The molecule has 0 aliphatic heterocycles. The fourth-order valence-electron chi connectivity index (χ4n) is 2.88. The highest BCUT2D eigenvalue weighted by atomic mass is 14.3. The lowest BCUT2D eigenvalue weighted by Gasteiger charge is -2.28. The van der Waals surface area contributed by atoms with Crippen LogP contribution in [0.4, 0.5) is 0 Å². The van der Waals surface area contributed by atoms with E-state index < -0.39 is 0 Å². The monoisotopic (exact) mass is 296 g/mol. The molecule has 0 atom stereocenters. The van der Waals surface area contributed by atoms with Gasteiger partial charge in [0.25, 0.3) is 0 Å². The molecule has 0 spiro atoms. The quantitative estimate of drug-likeness (QED) is 0.505. The summed E-state index contributed by atoms with van der Waals surface area (Å²) in [6.45, 7) is 20.7. The van der Waals surface area contributed by atoms with Crippen LogP contribution in [0.15, 0.2) is 30.3 Å². The lowest BCUT2D eigenvalue weighted by Crippen LogP contribution is -2.17. The van der Waals surface area contributed by atoms with Crippen molar-refractivity contribution < 1.29 is 0 Å². The second-order valence-electron chi connectivity index (χ2n) is 9.71. The first-order valence-electron chi connectivity index (χ1n) is 8.39. The number of rotatable bonds is 0. The second-order valence-corrected chi connectivity index (χ2v) is 9.71. The minimum absolute atomic E-state index is 0.149. The maximum absolute atomic E-state index is 2.43. The lowest BCUT2D eigenvalue weighted by molar-refractivity contribution is 0.571. The summed E-state index contributed by atoms with van der Waals surface area (Å²) in [5, 5.41) is 2.78. The third-order valence-corrected chi connectivity index (χ3v) is 4.49. The molecule has 0 unspecified atom stereocenters. The SMILES string of the molecule is CC(C)(C)c1cc(C(C)(C)C)c2cc(C(C)(C)C)ccc2c1. The predicted octanol–water partition coefficient (Wildman–Crippen LogP) is 6.73. The van der Waals surface area contributed by atoms with E-state index in [-0.39, 0.29) is 16.2 Å². The van der Waals surface area contributed by atoms with Crippen LogP contribution in [0.3, 0.4) is 0 Å². The van der Waals surface area contributed by atoms with Crippen LogP contribution in [0.5, 0.6) is 0 Å². The molecule has 0 amide bonds. The molecular weight excluding hydrogens is 264 g/mol. The minimum atomic E-state index is 0.149. The summed E-state index contributed by atoms with van der Waals surface area (Å²) in [7, 11) is 0. The third-order valence-electron chi connectivity index (χ3n) is 4.49. The van der Waals surface area contributed by atoms with E-state index in [1.807, 2.05) is 0 Å². The van der Waals surface area contributed by atoms with Gasteiger partial charge in [0.15, 0.2) is 0 Å². The van der Waals surface area contributed by atoms with Crippen LogP contribution in [0.1, 0.15) is 79.0 Å². The van der Waals surface area contributed by atoms with Gasteiger partial charge in [0.1, 0.15) is 0 Å². The Morgan fingerprint density at radius 3 is 1.55 bits per heavy atom. The summed E-state index contributed by atoms with van der Waals surface area (Å²) in [5.74, 6) is 0. The Hall–Kier alpha value is -1.30. The molecule has 0 heteroatoms. The Labute approximate surface area is 136 Å². The van der Waals surface area contributed by atoms with Crippen molar-refractivity contribution in [2.24, 2.45) is 0 Å². The molecule has 0 aromatic heterocycles. The average Bonchev–Trinajstić information content (AvgIpc) is 2.33. The maximum atomic E-state index is 2.43.